The second-order valence-corrected chi connectivity index (χ2v) is 10.1. The molecule has 12 heteroatoms. The van der Waals surface area contributed by atoms with E-state index in [0.717, 1.165) is 18.3 Å². The summed E-state index contributed by atoms with van der Waals surface area (Å²) in [5.41, 5.74) is 0.0821. The number of hydrogen-bond acceptors (Lipinski definition) is 7. The molecule has 2 atom stereocenters. The predicted octanol–water partition coefficient (Wildman–Crippen LogP) is 3.38. The van der Waals surface area contributed by atoms with Crippen LogP contribution in [0.5, 0.6) is 5.75 Å². The number of ether oxygens (including phenoxy) is 2. The number of anilines is 1. The Kier molecular flexibility index (Phi) is 7.27. The molecule has 0 bridgehead atoms. The first-order chi connectivity index (χ1) is 17.1. The summed E-state index contributed by atoms with van der Waals surface area (Å²) in [6.45, 7) is 0.443. The number of rotatable bonds is 8. The number of aromatic carboxylic acids is 1. The van der Waals surface area contributed by atoms with E-state index in [1.165, 1.54) is 36.4 Å². The molecule has 0 spiro atoms. The number of hydrogen-bond donors (Lipinski definition) is 2. The quantitative estimate of drug-likeness (QED) is 0.464. The Labute approximate surface area is 204 Å². The summed E-state index contributed by atoms with van der Waals surface area (Å²) >= 11 is 0. The van der Waals surface area contributed by atoms with Gasteiger partial charge in [0, 0.05) is 24.4 Å². The van der Waals surface area contributed by atoms with Crippen LogP contribution in [0.4, 0.5) is 14.6 Å². The SMILES string of the molecule is O=C(O)c1ccc(NC(=O)C(Oc2ccc(F)cc2F)c2ccc(S(=O)(=O)C3CCOC3)cc2)nc1. The zero-order valence-electron chi connectivity index (χ0n) is 18.6. The van der Waals surface area contributed by atoms with Crippen LogP contribution >= 0.6 is 0 Å². The van der Waals surface area contributed by atoms with E-state index in [-0.39, 0.29) is 28.4 Å². The number of amides is 1. The second-order valence-electron chi connectivity index (χ2n) is 7.90. The summed E-state index contributed by atoms with van der Waals surface area (Å²) in [5.74, 6) is -4.31. The van der Waals surface area contributed by atoms with Crippen molar-refractivity contribution in [1.82, 2.24) is 4.98 Å². The van der Waals surface area contributed by atoms with Crippen molar-refractivity contribution in [2.75, 3.05) is 18.5 Å². The number of aromatic nitrogens is 1. The minimum atomic E-state index is -3.66. The van der Waals surface area contributed by atoms with Gasteiger partial charge < -0.3 is 19.9 Å². The number of sulfone groups is 1. The highest BCUT2D eigenvalue weighted by Gasteiger charge is 2.32. The molecule has 9 nitrogen and oxygen atoms in total. The van der Waals surface area contributed by atoms with E-state index in [1.807, 2.05) is 0 Å². The normalized spacial score (nSPS) is 16.3. The molecule has 1 fully saturated rings. The van der Waals surface area contributed by atoms with E-state index in [4.69, 9.17) is 14.6 Å². The number of carbonyl (C=O) groups is 2. The van der Waals surface area contributed by atoms with Crippen LogP contribution in [0, 0.1) is 11.6 Å². The zero-order chi connectivity index (χ0) is 25.9. The first-order valence-corrected chi connectivity index (χ1v) is 12.2. The van der Waals surface area contributed by atoms with Crippen molar-refractivity contribution in [2.24, 2.45) is 0 Å². The maximum Gasteiger partial charge on any atom is 0.337 e. The summed E-state index contributed by atoms with van der Waals surface area (Å²) in [7, 11) is -3.66. The highest BCUT2D eigenvalue weighted by atomic mass is 32.2. The van der Waals surface area contributed by atoms with Crippen molar-refractivity contribution in [3.8, 4) is 5.75 Å². The van der Waals surface area contributed by atoms with Crippen LogP contribution in [0.25, 0.3) is 0 Å². The first kappa shape index (κ1) is 25.2. The van der Waals surface area contributed by atoms with Crippen molar-refractivity contribution in [3.05, 3.63) is 83.6 Å². The molecule has 3 aromatic rings. The molecule has 1 aliphatic rings. The maximum atomic E-state index is 14.3. The van der Waals surface area contributed by atoms with Gasteiger partial charge in [-0.3, -0.25) is 4.79 Å². The Balaban J connectivity index is 1.63. The van der Waals surface area contributed by atoms with Gasteiger partial charge in [-0.1, -0.05) is 12.1 Å². The van der Waals surface area contributed by atoms with E-state index in [0.29, 0.717) is 19.1 Å². The van der Waals surface area contributed by atoms with Crippen LogP contribution < -0.4 is 10.1 Å². The summed E-state index contributed by atoms with van der Waals surface area (Å²) in [4.78, 5) is 28.0. The van der Waals surface area contributed by atoms with E-state index in [9.17, 15) is 26.8 Å². The van der Waals surface area contributed by atoms with Crippen LogP contribution in [0.2, 0.25) is 0 Å². The molecule has 4 rings (SSSR count). The molecule has 0 radical (unpaired) electrons. The first-order valence-electron chi connectivity index (χ1n) is 10.7. The Morgan fingerprint density at radius 1 is 1.11 bits per heavy atom. The summed E-state index contributed by atoms with van der Waals surface area (Å²) in [5, 5.41) is 10.8. The van der Waals surface area contributed by atoms with Gasteiger partial charge in [0.15, 0.2) is 21.4 Å². The van der Waals surface area contributed by atoms with Gasteiger partial charge in [0.2, 0.25) is 6.10 Å². The lowest BCUT2D eigenvalue weighted by atomic mass is 10.1. The number of carboxylic acids is 1. The summed E-state index contributed by atoms with van der Waals surface area (Å²) in [6, 6.07) is 10.4. The molecule has 2 heterocycles. The molecular weight excluding hydrogens is 498 g/mol. The summed E-state index contributed by atoms with van der Waals surface area (Å²) < 4.78 is 64.0. The van der Waals surface area contributed by atoms with Crippen LogP contribution in [0.1, 0.15) is 28.4 Å². The Morgan fingerprint density at radius 3 is 2.44 bits per heavy atom. The third-order valence-electron chi connectivity index (χ3n) is 5.48. The highest BCUT2D eigenvalue weighted by Crippen LogP contribution is 2.29. The number of carboxylic acid groups (broad SMARTS) is 1. The van der Waals surface area contributed by atoms with Gasteiger partial charge in [-0.05, 0) is 42.8 Å². The third-order valence-corrected chi connectivity index (χ3v) is 7.66. The lowest BCUT2D eigenvalue weighted by Gasteiger charge is -2.20. The standard InChI is InChI=1S/C24H20F2N2O7S/c25-16-4-7-20(19(26)11-16)35-22(23(29)28-21-8-3-15(12-27-21)24(30)31)14-1-5-17(6-2-14)36(32,33)18-9-10-34-13-18/h1-8,11-12,18,22H,9-10,13H2,(H,30,31)(H,27,28,29). The second kappa shape index (κ2) is 10.4. The average molecular weight is 518 g/mol. The molecule has 1 aliphatic heterocycles. The molecule has 1 aromatic heterocycles. The van der Waals surface area contributed by atoms with Crippen molar-refractivity contribution in [3.63, 3.8) is 0 Å². The van der Waals surface area contributed by atoms with E-state index in [2.05, 4.69) is 10.3 Å². The van der Waals surface area contributed by atoms with Crippen LogP contribution in [-0.4, -0.2) is 48.8 Å². The molecule has 0 aliphatic carbocycles. The van der Waals surface area contributed by atoms with Gasteiger partial charge in [0.1, 0.15) is 11.6 Å². The fourth-order valence-corrected chi connectivity index (χ4v) is 5.12. The molecule has 1 saturated heterocycles. The maximum absolute atomic E-state index is 14.3. The van der Waals surface area contributed by atoms with Crippen molar-refractivity contribution in [1.29, 1.82) is 0 Å². The number of pyridine rings is 1. The molecule has 0 saturated carbocycles. The largest absolute Gasteiger partial charge is 0.478 e. The molecule has 2 aromatic carbocycles. The van der Waals surface area contributed by atoms with E-state index < -0.39 is 50.5 Å². The van der Waals surface area contributed by atoms with Crippen molar-refractivity contribution < 1.29 is 41.4 Å². The fraction of sp³-hybridized carbons (Fsp3) is 0.208. The zero-order valence-corrected chi connectivity index (χ0v) is 19.4. The molecular formula is C24H20F2N2O7S. The number of nitrogens with one attached hydrogen (secondary N) is 1. The van der Waals surface area contributed by atoms with Gasteiger partial charge >= 0.3 is 5.97 Å². The van der Waals surface area contributed by atoms with Crippen LogP contribution in [0.3, 0.4) is 0 Å². The van der Waals surface area contributed by atoms with Gasteiger partial charge in [-0.2, -0.15) is 0 Å². The van der Waals surface area contributed by atoms with Crippen LogP contribution in [-0.2, 0) is 19.4 Å². The lowest BCUT2D eigenvalue weighted by Crippen LogP contribution is -2.27. The average Bonchev–Trinajstić information content (AvgIpc) is 3.40. The third kappa shape index (κ3) is 5.50. The molecule has 2 unspecified atom stereocenters. The molecule has 2 N–H and O–H groups in total. The van der Waals surface area contributed by atoms with E-state index in [1.54, 1.807) is 0 Å². The van der Waals surface area contributed by atoms with Crippen molar-refractivity contribution >= 4 is 27.5 Å². The van der Waals surface area contributed by atoms with Crippen LogP contribution in [0.15, 0.2) is 65.7 Å². The smallest absolute Gasteiger partial charge is 0.337 e. The number of nitrogens with zero attached hydrogens (tertiary/aromatic N) is 1. The number of benzene rings is 2. The van der Waals surface area contributed by atoms with Gasteiger partial charge in [0.25, 0.3) is 5.91 Å². The minimum absolute atomic E-state index is 0.00129. The van der Waals surface area contributed by atoms with Gasteiger partial charge in [0.05, 0.1) is 22.3 Å². The predicted molar refractivity (Wildman–Crippen MR) is 122 cm³/mol. The Morgan fingerprint density at radius 2 is 1.86 bits per heavy atom. The monoisotopic (exact) mass is 518 g/mol. The van der Waals surface area contributed by atoms with Gasteiger partial charge in [-0.25, -0.2) is 27.0 Å². The molecule has 36 heavy (non-hydrogen) atoms. The van der Waals surface area contributed by atoms with E-state index >= 15 is 0 Å². The Hall–Kier alpha value is -3.90. The molecule has 188 valence electrons. The summed E-state index contributed by atoms with van der Waals surface area (Å²) in [6.07, 6.45) is -0.0762. The topological polar surface area (TPSA) is 132 Å². The fourth-order valence-electron chi connectivity index (χ4n) is 3.54. The highest BCUT2D eigenvalue weighted by molar-refractivity contribution is 7.92. The minimum Gasteiger partial charge on any atom is -0.478 e. The Bertz CT molecular complexity index is 1370. The number of halogens is 2. The van der Waals surface area contributed by atoms with Gasteiger partial charge in [-0.15, -0.1) is 0 Å². The lowest BCUT2D eigenvalue weighted by molar-refractivity contribution is -0.123. The number of carbonyl (C=O) groups excluding carboxylic acids is 1. The molecule has 1 amide bonds. The van der Waals surface area contributed by atoms with Crippen molar-refractivity contribution in [2.45, 2.75) is 22.7 Å².